The maximum Gasteiger partial charge on any atom is 0.211 e. The van der Waals surface area contributed by atoms with Crippen molar-refractivity contribution in [1.29, 1.82) is 0 Å². The first-order valence-electron chi connectivity index (χ1n) is 3.50. The molecule has 1 heterocycles. The summed E-state index contributed by atoms with van der Waals surface area (Å²) in [6.07, 6.45) is 1.25. The maximum absolute atomic E-state index is 11.0. The fraction of sp³-hybridized carbons (Fsp3) is 1.00. The van der Waals surface area contributed by atoms with Gasteiger partial charge < -0.3 is 0 Å². The van der Waals surface area contributed by atoms with Gasteiger partial charge in [0, 0.05) is 17.9 Å². The van der Waals surface area contributed by atoms with Crippen molar-refractivity contribution in [2.24, 2.45) is 5.92 Å². The van der Waals surface area contributed by atoms with E-state index in [2.05, 4.69) is 15.9 Å². The molecule has 0 spiro atoms. The summed E-state index contributed by atoms with van der Waals surface area (Å²) < 4.78 is 23.6. The molecule has 66 valence electrons. The van der Waals surface area contributed by atoms with Crippen LogP contribution in [0, 0.1) is 5.92 Å². The molecule has 1 rings (SSSR count). The third-order valence-electron chi connectivity index (χ3n) is 1.96. The van der Waals surface area contributed by atoms with Crippen molar-refractivity contribution in [2.75, 3.05) is 19.3 Å². The van der Waals surface area contributed by atoms with Crippen molar-refractivity contribution in [3.63, 3.8) is 0 Å². The fourth-order valence-corrected chi connectivity index (χ4v) is 2.80. The van der Waals surface area contributed by atoms with E-state index in [0.717, 1.165) is 0 Å². The highest BCUT2D eigenvalue weighted by atomic mass is 79.9. The van der Waals surface area contributed by atoms with Crippen molar-refractivity contribution >= 4 is 26.0 Å². The first-order valence-corrected chi connectivity index (χ1v) is 6.27. The molecule has 1 fully saturated rings. The first-order chi connectivity index (χ1) is 4.91. The highest BCUT2D eigenvalue weighted by Gasteiger charge is 2.32. The Morgan fingerprint density at radius 3 is 2.18 bits per heavy atom. The highest BCUT2D eigenvalue weighted by Crippen LogP contribution is 2.24. The number of alkyl halides is 1. The Kier molecular flexibility index (Phi) is 2.61. The molecule has 1 aliphatic rings. The van der Waals surface area contributed by atoms with Gasteiger partial charge in [0.15, 0.2) is 0 Å². The van der Waals surface area contributed by atoms with Crippen LogP contribution >= 0.6 is 15.9 Å². The van der Waals surface area contributed by atoms with Crippen LogP contribution in [0.2, 0.25) is 0 Å². The second-order valence-electron chi connectivity index (χ2n) is 3.07. The van der Waals surface area contributed by atoms with E-state index in [1.807, 2.05) is 6.92 Å². The van der Waals surface area contributed by atoms with Gasteiger partial charge in [0.05, 0.1) is 6.26 Å². The molecule has 2 unspecified atom stereocenters. The molecule has 11 heavy (non-hydrogen) atoms. The number of hydrogen-bond acceptors (Lipinski definition) is 2. The number of sulfonamides is 1. The zero-order chi connectivity index (χ0) is 8.65. The van der Waals surface area contributed by atoms with Crippen LogP contribution in [0.25, 0.3) is 0 Å². The third-order valence-corrected chi connectivity index (χ3v) is 4.38. The lowest BCUT2D eigenvalue weighted by atomic mass is 10.2. The standard InChI is InChI=1S/C6H12BrNO2S/c1-5-3-8(4-6(5)7)11(2,9)10/h5-6H,3-4H2,1-2H3. The molecule has 0 radical (unpaired) electrons. The van der Waals surface area contributed by atoms with Gasteiger partial charge in [-0.05, 0) is 5.92 Å². The van der Waals surface area contributed by atoms with Gasteiger partial charge in [0.25, 0.3) is 0 Å². The highest BCUT2D eigenvalue weighted by molar-refractivity contribution is 9.09. The van der Waals surface area contributed by atoms with E-state index in [1.54, 1.807) is 0 Å². The Labute approximate surface area is 75.9 Å². The van der Waals surface area contributed by atoms with E-state index in [4.69, 9.17) is 0 Å². The van der Waals surface area contributed by atoms with Gasteiger partial charge in [-0.2, -0.15) is 0 Å². The predicted octanol–water partition coefficient (Wildman–Crippen LogP) is 0.661. The van der Waals surface area contributed by atoms with Gasteiger partial charge in [-0.3, -0.25) is 0 Å². The van der Waals surface area contributed by atoms with Crippen molar-refractivity contribution < 1.29 is 8.42 Å². The molecule has 3 nitrogen and oxygen atoms in total. The summed E-state index contributed by atoms with van der Waals surface area (Å²) in [5.74, 6) is 0.421. The van der Waals surface area contributed by atoms with E-state index in [9.17, 15) is 8.42 Å². The predicted molar refractivity (Wildman–Crippen MR) is 48.3 cm³/mol. The summed E-state index contributed by atoms with van der Waals surface area (Å²) in [5.41, 5.74) is 0. The van der Waals surface area contributed by atoms with Crippen molar-refractivity contribution in [3.05, 3.63) is 0 Å². The first kappa shape index (κ1) is 9.48. The Hall–Kier alpha value is 0.390. The zero-order valence-electron chi connectivity index (χ0n) is 6.62. The summed E-state index contributed by atoms with van der Waals surface area (Å²) in [5, 5.41) is 0. The van der Waals surface area contributed by atoms with Crippen LogP contribution in [0.4, 0.5) is 0 Å². The fourth-order valence-electron chi connectivity index (χ4n) is 1.16. The second-order valence-corrected chi connectivity index (χ2v) is 6.23. The number of rotatable bonds is 1. The molecule has 0 bridgehead atoms. The van der Waals surface area contributed by atoms with Gasteiger partial charge in [0.2, 0.25) is 10.0 Å². The molecule has 0 N–H and O–H groups in total. The number of halogens is 1. The Balaban J connectivity index is 2.69. The normalized spacial score (nSPS) is 34.5. The molecule has 0 saturated carbocycles. The van der Waals surface area contributed by atoms with Crippen LogP contribution < -0.4 is 0 Å². The van der Waals surface area contributed by atoms with E-state index in [0.29, 0.717) is 23.8 Å². The Morgan fingerprint density at radius 2 is 2.00 bits per heavy atom. The van der Waals surface area contributed by atoms with Gasteiger partial charge >= 0.3 is 0 Å². The summed E-state index contributed by atoms with van der Waals surface area (Å²) >= 11 is 3.43. The minimum atomic E-state index is -2.97. The van der Waals surface area contributed by atoms with E-state index >= 15 is 0 Å². The molecular weight excluding hydrogens is 230 g/mol. The lowest BCUT2D eigenvalue weighted by molar-refractivity contribution is 0.469. The summed E-state index contributed by atoms with van der Waals surface area (Å²) in [7, 11) is -2.97. The van der Waals surface area contributed by atoms with Crippen molar-refractivity contribution in [1.82, 2.24) is 4.31 Å². The largest absolute Gasteiger partial charge is 0.213 e. The third kappa shape index (κ3) is 2.16. The van der Waals surface area contributed by atoms with Crippen molar-refractivity contribution in [2.45, 2.75) is 11.8 Å². The molecule has 0 aromatic rings. The minimum absolute atomic E-state index is 0.317. The summed E-state index contributed by atoms with van der Waals surface area (Å²) in [6, 6.07) is 0. The van der Waals surface area contributed by atoms with E-state index in [1.165, 1.54) is 10.6 Å². The molecule has 0 aromatic heterocycles. The van der Waals surface area contributed by atoms with Gasteiger partial charge in [-0.1, -0.05) is 22.9 Å². The van der Waals surface area contributed by atoms with Crippen LogP contribution in [0.5, 0.6) is 0 Å². The second kappa shape index (κ2) is 3.03. The molecule has 0 aromatic carbocycles. The Bertz CT molecular complexity index is 229. The molecule has 0 amide bonds. The smallest absolute Gasteiger partial charge is 0.211 e. The van der Waals surface area contributed by atoms with Gasteiger partial charge in [-0.15, -0.1) is 0 Å². The summed E-state index contributed by atoms with van der Waals surface area (Å²) in [4.78, 5) is 0.317. The zero-order valence-corrected chi connectivity index (χ0v) is 9.02. The van der Waals surface area contributed by atoms with Crippen LogP contribution in [0.3, 0.4) is 0 Å². The number of hydrogen-bond donors (Lipinski definition) is 0. The number of nitrogens with zero attached hydrogens (tertiary/aromatic N) is 1. The molecule has 5 heteroatoms. The van der Waals surface area contributed by atoms with Crippen LogP contribution in [-0.2, 0) is 10.0 Å². The van der Waals surface area contributed by atoms with Crippen LogP contribution in [0.15, 0.2) is 0 Å². The van der Waals surface area contributed by atoms with Gasteiger partial charge in [-0.25, -0.2) is 12.7 Å². The topological polar surface area (TPSA) is 37.4 Å². The van der Waals surface area contributed by atoms with Crippen LogP contribution in [0.1, 0.15) is 6.92 Å². The average molecular weight is 242 g/mol. The van der Waals surface area contributed by atoms with Gasteiger partial charge in [0.1, 0.15) is 0 Å². The summed E-state index contributed by atoms with van der Waals surface area (Å²) in [6.45, 7) is 3.30. The van der Waals surface area contributed by atoms with Crippen LogP contribution in [-0.4, -0.2) is 36.9 Å². The lowest BCUT2D eigenvalue weighted by Crippen LogP contribution is -2.27. The lowest BCUT2D eigenvalue weighted by Gasteiger charge is -2.10. The minimum Gasteiger partial charge on any atom is -0.213 e. The average Bonchev–Trinajstić information content (AvgIpc) is 2.11. The van der Waals surface area contributed by atoms with Crippen molar-refractivity contribution in [3.8, 4) is 0 Å². The molecule has 1 aliphatic heterocycles. The molecule has 2 atom stereocenters. The van der Waals surface area contributed by atoms with E-state index < -0.39 is 10.0 Å². The SMILES string of the molecule is CC1CN(S(C)(=O)=O)CC1Br. The monoisotopic (exact) mass is 241 g/mol. The Morgan fingerprint density at radius 1 is 1.45 bits per heavy atom. The molecule has 0 aliphatic carbocycles. The molecular formula is C6H12BrNO2S. The molecule has 1 saturated heterocycles. The maximum atomic E-state index is 11.0. The quantitative estimate of drug-likeness (QED) is 0.633. The van der Waals surface area contributed by atoms with E-state index in [-0.39, 0.29) is 0 Å².